The van der Waals surface area contributed by atoms with E-state index in [9.17, 15) is 16.8 Å². The summed E-state index contributed by atoms with van der Waals surface area (Å²) in [4.78, 5) is -0.201. The van der Waals surface area contributed by atoms with Gasteiger partial charge in [0.05, 0.1) is 15.6 Å². The summed E-state index contributed by atoms with van der Waals surface area (Å²) in [6.45, 7) is 2.95. The third-order valence-electron chi connectivity index (χ3n) is 3.20. The van der Waals surface area contributed by atoms with Gasteiger partial charge in [-0.1, -0.05) is 16.8 Å². The van der Waals surface area contributed by atoms with Crippen LogP contribution in [0.4, 0.5) is 5.69 Å². The summed E-state index contributed by atoms with van der Waals surface area (Å²) in [5, 5.41) is 3.66. The van der Waals surface area contributed by atoms with Crippen molar-refractivity contribution in [1.29, 1.82) is 0 Å². The van der Waals surface area contributed by atoms with Gasteiger partial charge in [0.2, 0.25) is 10.0 Å². The molecule has 1 N–H and O–H groups in total. The first-order valence-electron chi connectivity index (χ1n) is 6.64. The van der Waals surface area contributed by atoms with Crippen LogP contribution in [0.1, 0.15) is 11.5 Å². The van der Waals surface area contributed by atoms with Crippen LogP contribution in [0.25, 0.3) is 0 Å². The van der Waals surface area contributed by atoms with Gasteiger partial charge in [-0.25, -0.2) is 21.1 Å². The van der Waals surface area contributed by atoms with E-state index in [1.165, 1.54) is 40.1 Å². The van der Waals surface area contributed by atoms with E-state index < -0.39 is 20.0 Å². The SMILES string of the molecule is Cc1noc(C)c1S(=O)(=O)Nc1cc(S(=O)(=O)N(C)C)ccc1Cl. The number of aromatic nitrogens is 1. The van der Waals surface area contributed by atoms with Gasteiger partial charge in [-0.05, 0) is 32.0 Å². The molecule has 24 heavy (non-hydrogen) atoms. The summed E-state index contributed by atoms with van der Waals surface area (Å²) in [7, 11) is -5.02. The number of hydrogen-bond acceptors (Lipinski definition) is 6. The first-order valence-corrected chi connectivity index (χ1v) is 9.94. The molecule has 0 fully saturated rings. The normalized spacial score (nSPS) is 12.6. The lowest BCUT2D eigenvalue weighted by Gasteiger charge is -2.14. The van der Waals surface area contributed by atoms with E-state index in [0.717, 1.165) is 10.4 Å². The molecule has 0 atom stereocenters. The fourth-order valence-electron chi connectivity index (χ4n) is 2.01. The molecule has 11 heteroatoms. The highest BCUT2D eigenvalue weighted by atomic mass is 35.5. The lowest BCUT2D eigenvalue weighted by atomic mass is 10.3. The molecule has 0 saturated carbocycles. The van der Waals surface area contributed by atoms with E-state index in [-0.39, 0.29) is 32.0 Å². The molecule has 8 nitrogen and oxygen atoms in total. The molecule has 1 heterocycles. The lowest BCUT2D eigenvalue weighted by molar-refractivity contribution is 0.390. The predicted molar refractivity (Wildman–Crippen MR) is 89.1 cm³/mol. The number of aryl methyl sites for hydroxylation is 2. The van der Waals surface area contributed by atoms with Gasteiger partial charge >= 0.3 is 0 Å². The number of halogens is 1. The molecule has 0 bridgehead atoms. The van der Waals surface area contributed by atoms with Gasteiger partial charge in [-0.15, -0.1) is 0 Å². The second-order valence-electron chi connectivity index (χ2n) is 5.19. The summed E-state index contributed by atoms with van der Waals surface area (Å²) >= 11 is 6.00. The quantitative estimate of drug-likeness (QED) is 0.831. The maximum atomic E-state index is 12.5. The van der Waals surface area contributed by atoms with E-state index in [1.54, 1.807) is 0 Å². The van der Waals surface area contributed by atoms with Crippen LogP contribution in [0, 0.1) is 13.8 Å². The molecule has 0 aliphatic heterocycles. The predicted octanol–water partition coefficient (Wildman–Crippen LogP) is 2.00. The number of rotatable bonds is 5. The largest absolute Gasteiger partial charge is 0.360 e. The first-order chi connectivity index (χ1) is 11.0. The minimum Gasteiger partial charge on any atom is -0.360 e. The van der Waals surface area contributed by atoms with Gasteiger partial charge in [-0.3, -0.25) is 4.72 Å². The van der Waals surface area contributed by atoms with Crippen molar-refractivity contribution in [2.45, 2.75) is 23.6 Å². The third-order valence-corrected chi connectivity index (χ3v) is 6.95. The van der Waals surface area contributed by atoms with Gasteiger partial charge in [-0.2, -0.15) is 0 Å². The van der Waals surface area contributed by atoms with Crippen LogP contribution in [-0.4, -0.2) is 40.4 Å². The van der Waals surface area contributed by atoms with E-state index in [4.69, 9.17) is 16.1 Å². The Morgan fingerprint density at radius 3 is 2.29 bits per heavy atom. The molecule has 0 aliphatic carbocycles. The van der Waals surface area contributed by atoms with Crippen molar-refractivity contribution in [3.05, 3.63) is 34.7 Å². The number of anilines is 1. The van der Waals surface area contributed by atoms with E-state index in [2.05, 4.69) is 9.88 Å². The fraction of sp³-hybridized carbons (Fsp3) is 0.308. The van der Waals surface area contributed by atoms with Crippen molar-refractivity contribution in [2.75, 3.05) is 18.8 Å². The van der Waals surface area contributed by atoms with Gasteiger partial charge in [0.1, 0.15) is 5.69 Å². The molecule has 1 aromatic carbocycles. The van der Waals surface area contributed by atoms with Crippen LogP contribution >= 0.6 is 11.6 Å². The van der Waals surface area contributed by atoms with E-state index in [0.29, 0.717) is 0 Å². The van der Waals surface area contributed by atoms with Gasteiger partial charge in [0.25, 0.3) is 10.0 Å². The Bertz CT molecular complexity index is 962. The van der Waals surface area contributed by atoms with Crippen LogP contribution < -0.4 is 4.72 Å². The summed E-state index contributed by atoms with van der Waals surface area (Å²) < 4.78 is 57.6. The second-order valence-corrected chi connectivity index (χ2v) is 9.37. The number of nitrogens with one attached hydrogen (secondary N) is 1. The Balaban J connectivity index is 2.51. The Labute approximate surface area is 145 Å². The van der Waals surface area contributed by atoms with Crippen LogP contribution in [0.3, 0.4) is 0 Å². The van der Waals surface area contributed by atoms with Crippen molar-refractivity contribution >= 4 is 37.3 Å². The van der Waals surface area contributed by atoms with Crippen molar-refractivity contribution in [3.8, 4) is 0 Å². The average molecular weight is 394 g/mol. The van der Waals surface area contributed by atoms with Gasteiger partial charge in [0, 0.05) is 14.1 Å². The summed E-state index contributed by atoms with van der Waals surface area (Å²) in [5.74, 6) is 0.119. The zero-order valence-electron chi connectivity index (χ0n) is 13.4. The van der Waals surface area contributed by atoms with Crippen molar-refractivity contribution < 1.29 is 21.4 Å². The third kappa shape index (κ3) is 3.41. The molecule has 2 aromatic rings. The van der Waals surface area contributed by atoms with Crippen LogP contribution in [0.5, 0.6) is 0 Å². The molecule has 1 aromatic heterocycles. The minimum absolute atomic E-state index is 0.0559. The highest BCUT2D eigenvalue weighted by molar-refractivity contribution is 7.92. The standard InChI is InChI=1S/C13H16ClN3O5S2/c1-8-13(9(2)22-15-8)23(18,19)16-12-7-10(5-6-11(12)14)24(20,21)17(3)4/h5-7,16H,1-4H3. The molecular weight excluding hydrogens is 378 g/mol. The van der Waals surface area contributed by atoms with E-state index >= 15 is 0 Å². The Kier molecular flexibility index (Phi) is 4.96. The van der Waals surface area contributed by atoms with Gasteiger partial charge in [0.15, 0.2) is 10.7 Å². The molecule has 0 unspecified atom stereocenters. The van der Waals surface area contributed by atoms with Crippen LogP contribution in [-0.2, 0) is 20.0 Å². The van der Waals surface area contributed by atoms with Crippen molar-refractivity contribution in [3.63, 3.8) is 0 Å². The zero-order valence-corrected chi connectivity index (χ0v) is 15.8. The summed E-state index contributed by atoms with van der Waals surface area (Å²) in [6.07, 6.45) is 0. The number of benzene rings is 1. The molecule has 0 aliphatic rings. The maximum Gasteiger partial charge on any atom is 0.267 e. The second kappa shape index (κ2) is 6.36. The van der Waals surface area contributed by atoms with E-state index in [1.807, 2.05) is 0 Å². The summed E-state index contributed by atoms with van der Waals surface area (Å²) in [5.41, 5.74) is 0.132. The highest BCUT2D eigenvalue weighted by Crippen LogP contribution is 2.29. The lowest BCUT2D eigenvalue weighted by Crippen LogP contribution is -2.22. The number of nitrogens with zero attached hydrogens (tertiary/aromatic N) is 2. The highest BCUT2D eigenvalue weighted by Gasteiger charge is 2.26. The van der Waals surface area contributed by atoms with Crippen molar-refractivity contribution in [2.24, 2.45) is 0 Å². The molecule has 2 rings (SSSR count). The number of sulfonamides is 2. The molecule has 0 saturated heterocycles. The Morgan fingerprint density at radius 1 is 1.17 bits per heavy atom. The monoisotopic (exact) mass is 393 g/mol. The number of hydrogen-bond donors (Lipinski definition) is 1. The minimum atomic E-state index is -4.04. The average Bonchev–Trinajstić information content (AvgIpc) is 2.80. The van der Waals surface area contributed by atoms with Crippen molar-refractivity contribution in [1.82, 2.24) is 9.46 Å². The van der Waals surface area contributed by atoms with Gasteiger partial charge < -0.3 is 4.52 Å². The van der Waals surface area contributed by atoms with Crippen LogP contribution in [0.15, 0.2) is 32.5 Å². The molecular formula is C13H16ClN3O5S2. The molecule has 0 amide bonds. The molecule has 0 spiro atoms. The first kappa shape index (κ1) is 18.7. The Morgan fingerprint density at radius 2 is 1.79 bits per heavy atom. The molecule has 0 radical (unpaired) electrons. The smallest absolute Gasteiger partial charge is 0.267 e. The maximum absolute atomic E-state index is 12.5. The topological polar surface area (TPSA) is 110 Å². The Hall–Kier alpha value is -1.62. The molecule has 132 valence electrons. The van der Waals surface area contributed by atoms with Crippen LogP contribution in [0.2, 0.25) is 5.02 Å². The summed E-state index contributed by atoms with van der Waals surface area (Å²) in [6, 6.07) is 3.77. The fourth-order valence-corrected chi connectivity index (χ4v) is 4.56. The zero-order chi connectivity index (χ0) is 18.3.